The van der Waals surface area contributed by atoms with Gasteiger partial charge in [-0.3, -0.25) is 9.11 Å². The Morgan fingerprint density at radius 3 is 1.00 bits per heavy atom. The van der Waals surface area contributed by atoms with E-state index in [0.717, 1.165) is 0 Å². The average Bonchev–Trinajstić information content (AvgIpc) is 2.71. The molecule has 0 bridgehead atoms. The highest BCUT2D eigenvalue weighted by atomic mass is 32.3. The van der Waals surface area contributed by atoms with Crippen molar-refractivity contribution in [2.75, 3.05) is 13.1 Å². The van der Waals surface area contributed by atoms with Gasteiger partial charge < -0.3 is 56.0 Å². The Bertz CT molecular complexity index is 1110. The van der Waals surface area contributed by atoms with Gasteiger partial charge in [-0.15, -0.1) is 0 Å². The highest BCUT2D eigenvalue weighted by molar-refractivity contribution is 7.79. The number of phenolic OH excluding ortho intramolecular Hbond substituents is 4. The molecule has 13 N–H and O–H groups in total. The van der Waals surface area contributed by atoms with E-state index in [2.05, 4.69) is 10.6 Å². The van der Waals surface area contributed by atoms with E-state index in [9.17, 15) is 30.6 Å². The normalized spacial score (nSPS) is 13.3. The largest absolute Gasteiger partial charge is 0.508 e. The van der Waals surface area contributed by atoms with Crippen LogP contribution in [0.1, 0.15) is 64.9 Å². The van der Waals surface area contributed by atoms with Gasteiger partial charge in [-0.1, -0.05) is 0 Å². The van der Waals surface area contributed by atoms with E-state index in [-0.39, 0.29) is 34.1 Å². The Morgan fingerprint density at radius 1 is 0.643 bits per heavy atom. The number of β-amino-alcohol motifs (C(OH)–C–C–N with tert-alkyl or cyclic N) is 2. The first-order chi connectivity index (χ1) is 18.6. The molecule has 18 heteroatoms. The van der Waals surface area contributed by atoms with Crippen LogP contribution in [0.15, 0.2) is 36.4 Å². The molecule has 0 spiro atoms. The SMILES string of the molecule is CC(C)(C)NCC(O)c1cc(O)cc(O)c1.CC(C)(C)NCC(O)c1cc(O)cc(O)c1.O=P(O)(O)O.O=S(=O)(O)O. The summed E-state index contributed by atoms with van der Waals surface area (Å²) >= 11 is 0. The molecule has 42 heavy (non-hydrogen) atoms. The molecule has 0 amide bonds. The zero-order valence-electron chi connectivity index (χ0n) is 24.0. The number of rotatable bonds is 6. The molecule has 2 aromatic rings. The third-order valence-corrected chi connectivity index (χ3v) is 4.27. The summed E-state index contributed by atoms with van der Waals surface area (Å²) in [5.74, 6) is -0.204. The maximum atomic E-state index is 9.85. The molecule has 0 aliphatic rings. The van der Waals surface area contributed by atoms with Crippen LogP contribution in [0, 0.1) is 0 Å². The van der Waals surface area contributed by atoms with Gasteiger partial charge in [0.1, 0.15) is 23.0 Å². The number of phenols is 4. The van der Waals surface area contributed by atoms with Gasteiger partial charge in [0.25, 0.3) is 0 Å². The van der Waals surface area contributed by atoms with Crippen molar-refractivity contribution < 1.29 is 67.4 Å². The Labute approximate surface area is 244 Å². The van der Waals surface area contributed by atoms with Crippen LogP contribution in [-0.2, 0) is 15.0 Å². The molecule has 0 aliphatic heterocycles. The van der Waals surface area contributed by atoms with Gasteiger partial charge in [-0.05, 0) is 76.9 Å². The summed E-state index contributed by atoms with van der Waals surface area (Å²) in [5.41, 5.74) is 0.822. The van der Waals surface area contributed by atoms with Crippen molar-refractivity contribution >= 4 is 18.2 Å². The minimum Gasteiger partial charge on any atom is -0.508 e. The molecule has 2 aromatic carbocycles. The van der Waals surface area contributed by atoms with Crippen LogP contribution >= 0.6 is 7.82 Å². The highest BCUT2D eigenvalue weighted by Crippen LogP contribution is 2.26. The van der Waals surface area contributed by atoms with Gasteiger partial charge >= 0.3 is 18.2 Å². The first-order valence-electron chi connectivity index (χ1n) is 12.0. The lowest BCUT2D eigenvalue weighted by Crippen LogP contribution is -2.38. The molecule has 0 aromatic heterocycles. The molecule has 244 valence electrons. The van der Waals surface area contributed by atoms with Crippen molar-refractivity contribution in [3.8, 4) is 23.0 Å². The quantitative estimate of drug-likeness (QED) is 0.156. The molecule has 0 fully saturated rings. The Kier molecular flexibility index (Phi) is 17.4. The van der Waals surface area contributed by atoms with Crippen LogP contribution in [0.3, 0.4) is 0 Å². The third kappa shape index (κ3) is 29.0. The van der Waals surface area contributed by atoms with E-state index in [1.807, 2.05) is 41.5 Å². The number of phosphoric acid groups is 1. The van der Waals surface area contributed by atoms with E-state index >= 15 is 0 Å². The monoisotopic (exact) mass is 646 g/mol. The van der Waals surface area contributed by atoms with Gasteiger partial charge in [0.15, 0.2) is 0 Å². The number of benzene rings is 2. The number of aliphatic hydroxyl groups excluding tert-OH is 2. The van der Waals surface area contributed by atoms with E-state index in [0.29, 0.717) is 24.2 Å². The summed E-state index contributed by atoms with van der Waals surface area (Å²) in [6.45, 7) is 12.7. The lowest BCUT2D eigenvalue weighted by molar-refractivity contribution is 0.162. The Morgan fingerprint density at radius 2 is 0.833 bits per heavy atom. The fourth-order valence-corrected chi connectivity index (χ4v) is 2.66. The minimum atomic E-state index is -4.67. The molecule has 2 atom stereocenters. The minimum absolute atomic E-state index is 0.0511. The molecule has 0 radical (unpaired) electrons. The van der Waals surface area contributed by atoms with Crippen LogP contribution in [0.25, 0.3) is 0 Å². The predicted molar refractivity (Wildman–Crippen MR) is 153 cm³/mol. The highest BCUT2D eigenvalue weighted by Gasteiger charge is 2.15. The summed E-state index contributed by atoms with van der Waals surface area (Å²) in [7, 11) is -9.31. The summed E-state index contributed by atoms with van der Waals surface area (Å²) < 4.78 is 40.5. The fraction of sp³-hybridized carbons (Fsp3) is 0.500. The topological polar surface area (TPSA) is 298 Å². The smallest absolute Gasteiger partial charge is 0.466 e. The van der Waals surface area contributed by atoms with Gasteiger partial charge in [-0.2, -0.15) is 8.42 Å². The van der Waals surface area contributed by atoms with E-state index in [1.165, 1.54) is 36.4 Å². The Balaban J connectivity index is 0. The van der Waals surface area contributed by atoms with Gasteiger partial charge in [0.2, 0.25) is 0 Å². The van der Waals surface area contributed by atoms with Crippen molar-refractivity contribution in [1.82, 2.24) is 10.6 Å². The maximum Gasteiger partial charge on any atom is 0.466 e. The lowest BCUT2D eigenvalue weighted by Gasteiger charge is -2.23. The predicted octanol–water partition coefficient (Wildman–Crippen LogP) is 1.46. The van der Waals surface area contributed by atoms with E-state index in [1.54, 1.807) is 0 Å². The van der Waals surface area contributed by atoms with Crippen molar-refractivity contribution in [3.63, 3.8) is 0 Å². The van der Waals surface area contributed by atoms with Crippen molar-refractivity contribution in [2.45, 2.75) is 64.8 Å². The van der Waals surface area contributed by atoms with Crippen LogP contribution in [0.5, 0.6) is 23.0 Å². The second kappa shape index (κ2) is 17.5. The molecular weight excluding hydrogens is 603 g/mol. The average molecular weight is 647 g/mol. The number of hydrogen-bond acceptors (Lipinski definition) is 11. The molecule has 2 rings (SSSR count). The standard InChI is InChI=1S/2C12H19NO3.H3O4P.H2O4S/c2*1-12(2,3)13-7-11(16)8-4-9(14)6-10(15)5-8;2*1-5(2,3)4/h2*4-6,11,13-16H,7H2,1-3H3;(H3,1,2,3,4);(H2,1,2,3,4). The second-order valence-corrected chi connectivity index (χ2v) is 12.7. The second-order valence-electron chi connectivity index (χ2n) is 10.8. The number of aromatic hydroxyl groups is 4. The van der Waals surface area contributed by atoms with Crippen LogP contribution in [0.4, 0.5) is 0 Å². The zero-order chi connectivity index (χ0) is 33.7. The summed E-state index contributed by atoms with van der Waals surface area (Å²) in [6.07, 6.45) is -1.51. The van der Waals surface area contributed by atoms with Gasteiger partial charge in [-0.25, -0.2) is 4.57 Å². The van der Waals surface area contributed by atoms with Gasteiger partial charge in [0, 0.05) is 36.3 Å². The molecule has 0 saturated heterocycles. The lowest BCUT2D eigenvalue weighted by atomic mass is 10.1. The van der Waals surface area contributed by atoms with Crippen molar-refractivity contribution in [3.05, 3.63) is 47.5 Å². The third-order valence-electron chi connectivity index (χ3n) is 4.27. The maximum absolute atomic E-state index is 9.85. The van der Waals surface area contributed by atoms with Crippen LogP contribution < -0.4 is 10.6 Å². The van der Waals surface area contributed by atoms with Crippen molar-refractivity contribution in [2.24, 2.45) is 0 Å². The Hall–Kier alpha value is -2.54. The first kappa shape index (κ1) is 41.6. The molecule has 2 unspecified atom stereocenters. The fourth-order valence-electron chi connectivity index (χ4n) is 2.66. The molecule has 0 aliphatic carbocycles. The molecule has 16 nitrogen and oxygen atoms in total. The van der Waals surface area contributed by atoms with Gasteiger partial charge in [0.05, 0.1) is 12.2 Å². The zero-order valence-corrected chi connectivity index (χ0v) is 25.7. The number of nitrogens with one attached hydrogen (secondary N) is 2. The van der Waals surface area contributed by atoms with Crippen LogP contribution in [0.2, 0.25) is 0 Å². The van der Waals surface area contributed by atoms with E-state index < -0.39 is 30.4 Å². The van der Waals surface area contributed by atoms with Crippen molar-refractivity contribution in [1.29, 1.82) is 0 Å². The van der Waals surface area contributed by atoms with E-state index in [4.69, 9.17) is 36.8 Å². The van der Waals surface area contributed by atoms with Crippen LogP contribution in [-0.4, -0.2) is 87.0 Å². The molecule has 0 saturated carbocycles. The summed E-state index contributed by atoms with van der Waals surface area (Å²) in [6, 6.07) is 8.22. The number of aliphatic hydroxyl groups is 2. The summed E-state index contributed by atoms with van der Waals surface area (Å²) in [5, 5.41) is 63.1. The molecular formula is C24H43N2O14PS. The first-order valence-corrected chi connectivity index (χ1v) is 14.9. The summed E-state index contributed by atoms with van der Waals surface area (Å²) in [4.78, 5) is 21.6. The molecule has 0 heterocycles. The number of hydrogen-bond donors (Lipinski definition) is 13.